The van der Waals surface area contributed by atoms with Gasteiger partial charge in [-0.2, -0.15) is 0 Å². The second-order valence-corrected chi connectivity index (χ2v) is 5.42. The van der Waals surface area contributed by atoms with E-state index in [4.69, 9.17) is 0 Å². The quantitative estimate of drug-likeness (QED) is 0.856. The number of rotatable bonds is 3. The van der Waals surface area contributed by atoms with Crippen molar-refractivity contribution in [2.45, 2.75) is 45.0 Å². The number of benzene rings is 1. The van der Waals surface area contributed by atoms with Crippen molar-refractivity contribution < 1.29 is 10.2 Å². The Morgan fingerprint density at radius 1 is 1.22 bits per heavy atom. The molecule has 4 unspecified atom stereocenters. The first-order valence-electron chi connectivity index (χ1n) is 6.72. The summed E-state index contributed by atoms with van der Waals surface area (Å²) in [5.41, 5.74) is 1.27. The van der Waals surface area contributed by atoms with Gasteiger partial charge in [0.05, 0.1) is 6.10 Å². The van der Waals surface area contributed by atoms with E-state index in [1.165, 1.54) is 5.56 Å². The third-order valence-electron chi connectivity index (χ3n) is 4.15. The first-order valence-corrected chi connectivity index (χ1v) is 6.72. The van der Waals surface area contributed by atoms with Crippen LogP contribution in [0.5, 0.6) is 0 Å². The molecule has 4 atom stereocenters. The Morgan fingerprint density at radius 3 is 2.50 bits per heavy atom. The lowest BCUT2D eigenvalue weighted by molar-refractivity contribution is -0.0666. The third-order valence-corrected chi connectivity index (χ3v) is 4.15. The molecule has 0 amide bonds. The Balaban J connectivity index is 2.08. The highest BCUT2D eigenvalue weighted by atomic mass is 16.3. The lowest BCUT2D eigenvalue weighted by Gasteiger charge is -2.45. The minimum atomic E-state index is -0.435. The fourth-order valence-corrected chi connectivity index (χ4v) is 2.98. The monoisotopic (exact) mass is 249 g/mol. The second-order valence-electron chi connectivity index (χ2n) is 5.42. The maximum absolute atomic E-state index is 10.2. The fraction of sp³-hybridized carbons (Fsp3) is 0.600. The fourth-order valence-electron chi connectivity index (χ4n) is 2.98. The van der Waals surface area contributed by atoms with Crippen LogP contribution in [0.4, 0.5) is 0 Å². The number of aliphatic hydroxyl groups excluding tert-OH is 2. The van der Waals surface area contributed by atoms with Gasteiger partial charge in [0.25, 0.3) is 0 Å². The summed E-state index contributed by atoms with van der Waals surface area (Å²) in [5.74, 6) is 0.0158. The number of nitrogens with zero attached hydrogens (tertiary/aromatic N) is 1. The average molecular weight is 249 g/mol. The molecule has 1 saturated heterocycles. The van der Waals surface area contributed by atoms with Crippen molar-refractivity contribution in [3.05, 3.63) is 35.9 Å². The molecule has 3 heteroatoms. The van der Waals surface area contributed by atoms with E-state index in [1.54, 1.807) is 0 Å². The van der Waals surface area contributed by atoms with Crippen LogP contribution in [0.2, 0.25) is 0 Å². The van der Waals surface area contributed by atoms with E-state index < -0.39 is 6.10 Å². The summed E-state index contributed by atoms with van der Waals surface area (Å²) in [4.78, 5) is 2.33. The molecule has 18 heavy (non-hydrogen) atoms. The van der Waals surface area contributed by atoms with Crippen molar-refractivity contribution in [3.8, 4) is 0 Å². The maximum Gasteiger partial charge on any atom is 0.0743 e. The van der Waals surface area contributed by atoms with Crippen molar-refractivity contribution in [2.75, 3.05) is 6.61 Å². The number of hydrogen-bond donors (Lipinski definition) is 2. The van der Waals surface area contributed by atoms with Gasteiger partial charge in [-0.3, -0.25) is 4.90 Å². The highest BCUT2D eigenvalue weighted by molar-refractivity contribution is 5.15. The Labute approximate surface area is 109 Å². The van der Waals surface area contributed by atoms with Gasteiger partial charge in [-0.05, 0) is 25.8 Å². The molecular weight excluding hydrogens is 226 g/mol. The zero-order valence-corrected chi connectivity index (χ0v) is 11.2. The van der Waals surface area contributed by atoms with E-state index >= 15 is 0 Å². The van der Waals surface area contributed by atoms with Gasteiger partial charge in [-0.15, -0.1) is 0 Å². The summed E-state index contributed by atoms with van der Waals surface area (Å²) in [5, 5.41) is 19.5. The van der Waals surface area contributed by atoms with Crippen LogP contribution < -0.4 is 0 Å². The van der Waals surface area contributed by atoms with Gasteiger partial charge < -0.3 is 10.2 Å². The SMILES string of the molecule is CC1CC(CO)C(O)C(C)N1Cc1ccccc1. The van der Waals surface area contributed by atoms with Gasteiger partial charge >= 0.3 is 0 Å². The van der Waals surface area contributed by atoms with Gasteiger partial charge in [-0.1, -0.05) is 30.3 Å². The van der Waals surface area contributed by atoms with E-state index in [0.29, 0.717) is 6.04 Å². The van der Waals surface area contributed by atoms with Gasteiger partial charge in [-0.25, -0.2) is 0 Å². The molecule has 0 radical (unpaired) electrons. The van der Waals surface area contributed by atoms with Crippen LogP contribution in [0, 0.1) is 5.92 Å². The molecule has 0 bridgehead atoms. The number of hydrogen-bond acceptors (Lipinski definition) is 3. The van der Waals surface area contributed by atoms with Crippen LogP contribution >= 0.6 is 0 Å². The minimum Gasteiger partial charge on any atom is -0.396 e. The standard InChI is InChI=1S/C15H23NO2/c1-11-8-14(10-17)15(18)12(2)16(11)9-13-6-4-3-5-7-13/h3-7,11-12,14-15,17-18H,8-10H2,1-2H3. The molecule has 0 aromatic heterocycles. The third kappa shape index (κ3) is 2.74. The topological polar surface area (TPSA) is 43.7 Å². The molecule has 1 aromatic carbocycles. The van der Waals surface area contributed by atoms with Crippen molar-refractivity contribution in [3.63, 3.8) is 0 Å². The van der Waals surface area contributed by atoms with Gasteiger partial charge in [0.15, 0.2) is 0 Å². The van der Waals surface area contributed by atoms with E-state index in [-0.39, 0.29) is 18.6 Å². The van der Waals surface area contributed by atoms with Crippen LogP contribution in [0.25, 0.3) is 0 Å². The van der Waals surface area contributed by atoms with Crippen molar-refractivity contribution in [1.82, 2.24) is 4.90 Å². The van der Waals surface area contributed by atoms with Crippen molar-refractivity contribution in [1.29, 1.82) is 0 Å². The first-order chi connectivity index (χ1) is 8.63. The number of aliphatic hydroxyl groups is 2. The average Bonchev–Trinajstić information content (AvgIpc) is 2.40. The molecule has 3 nitrogen and oxygen atoms in total. The highest BCUT2D eigenvalue weighted by Gasteiger charge is 2.37. The highest BCUT2D eigenvalue weighted by Crippen LogP contribution is 2.29. The molecule has 0 aliphatic carbocycles. The number of piperidine rings is 1. The van der Waals surface area contributed by atoms with Gasteiger partial charge in [0.1, 0.15) is 0 Å². The summed E-state index contributed by atoms with van der Waals surface area (Å²) >= 11 is 0. The summed E-state index contributed by atoms with van der Waals surface area (Å²) in [7, 11) is 0. The zero-order chi connectivity index (χ0) is 13.1. The van der Waals surface area contributed by atoms with Crippen LogP contribution in [0.15, 0.2) is 30.3 Å². The minimum absolute atomic E-state index is 0.0158. The molecule has 1 aliphatic rings. The molecule has 100 valence electrons. The largest absolute Gasteiger partial charge is 0.396 e. The molecular formula is C15H23NO2. The lowest BCUT2D eigenvalue weighted by Crippen LogP contribution is -2.55. The molecule has 1 heterocycles. The van der Waals surface area contributed by atoms with E-state index in [0.717, 1.165) is 13.0 Å². The number of likely N-dealkylation sites (tertiary alicyclic amines) is 1. The predicted octanol–water partition coefficient (Wildman–Crippen LogP) is 1.64. The summed E-state index contributed by atoms with van der Waals surface area (Å²) in [6.07, 6.45) is 0.421. The summed E-state index contributed by atoms with van der Waals surface area (Å²) < 4.78 is 0. The maximum atomic E-state index is 10.2. The normalized spacial score (nSPS) is 33.6. The summed E-state index contributed by atoms with van der Waals surface area (Å²) in [6, 6.07) is 10.8. The molecule has 1 aromatic rings. The smallest absolute Gasteiger partial charge is 0.0743 e. The van der Waals surface area contributed by atoms with Crippen LogP contribution in [0.1, 0.15) is 25.8 Å². The second kappa shape index (κ2) is 5.83. The Bertz CT molecular complexity index is 368. The van der Waals surface area contributed by atoms with Crippen molar-refractivity contribution >= 4 is 0 Å². The Hall–Kier alpha value is -0.900. The van der Waals surface area contributed by atoms with Gasteiger partial charge in [0, 0.05) is 31.2 Å². The predicted molar refractivity (Wildman–Crippen MR) is 72.1 cm³/mol. The zero-order valence-electron chi connectivity index (χ0n) is 11.2. The van der Waals surface area contributed by atoms with E-state index in [1.807, 2.05) is 25.1 Å². The van der Waals surface area contributed by atoms with Crippen LogP contribution in [0.3, 0.4) is 0 Å². The van der Waals surface area contributed by atoms with Crippen LogP contribution in [-0.4, -0.2) is 39.9 Å². The molecule has 1 fully saturated rings. The lowest BCUT2D eigenvalue weighted by atomic mass is 9.84. The molecule has 2 N–H and O–H groups in total. The Kier molecular flexibility index (Phi) is 4.38. The first kappa shape index (κ1) is 13.5. The van der Waals surface area contributed by atoms with E-state index in [2.05, 4.69) is 24.0 Å². The van der Waals surface area contributed by atoms with Crippen LogP contribution in [-0.2, 0) is 6.54 Å². The Morgan fingerprint density at radius 2 is 1.89 bits per heavy atom. The van der Waals surface area contributed by atoms with Crippen molar-refractivity contribution in [2.24, 2.45) is 5.92 Å². The molecule has 2 rings (SSSR count). The van der Waals surface area contributed by atoms with E-state index in [9.17, 15) is 10.2 Å². The molecule has 0 spiro atoms. The molecule has 0 saturated carbocycles. The summed E-state index contributed by atoms with van der Waals surface area (Å²) in [6.45, 7) is 5.16. The molecule has 1 aliphatic heterocycles. The van der Waals surface area contributed by atoms with Gasteiger partial charge in [0.2, 0.25) is 0 Å².